The third-order valence-corrected chi connectivity index (χ3v) is 9.19. The van der Waals surface area contributed by atoms with E-state index in [0.717, 1.165) is 38.5 Å². The van der Waals surface area contributed by atoms with Crippen LogP contribution >= 0.6 is 0 Å². The summed E-state index contributed by atoms with van der Waals surface area (Å²) in [6.07, 6.45) is 8.06. The monoisotopic (exact) mass is 348 g/mol. The Balaban J connectivity index is 1.67. The minimum absolute atomic E-state index is 0.0393. The zero-order chi connectivity index (χ0) is 18.0. The summed E-state index contributed by atoms with van der Waals surface area (Å²) in [5.74, 6) is 2.36. The van der Waals surface area contributed by atoms with Crippen LogP contribution < -0.4 is 0 Å². The molecule has 5 heteroatoms. The molecule has 0 amide bonds. The molecule has 5 nitrogen and oxygen atoms in total. The maximum atomic E-state index is 11.0. The summed E-state index contributed by atoms with van der Waals surface area (Å²) >= 11 is 0. The van der Waals surface area contributed by atoms with Crippen LogP contribution in [0.5, 0.6) is 0 Å². The van der Waals surface area contributed by atoms with Gasteiger partial charge in [-0.3, -0.25) is 0 Å². The predicted octanol–water partition coefficient (Wildman–Crippen LogP) is 4.05. The Labute approximate surface area is 150 Å². The lowest BCUT2D eigenvalue weighted by atomic mass is 9.44. The number of aliphatic hydroxyl groups is 1. The molecular weight excluding hydrogens is 316 g/mol. The van der Waals surface area contributed by atoms with Gasteiger partial charge in [0, 0.05) is 6.42 Å². The van der Waals surface area contributed by atoms with Crippen LogP contribution in [0.4, 0.5) is 0 Å². The topological polar surface area (TPSA) is 85.4 Å². The largest absolute Gasteiger partial charge is 0.411 e. The lowest BCUT2D eigenvalue weighted by molar-refractivity contribution is -0.136. The van der Waals surface area contributed by atoms with Crippen molar-refractivity contribution in [2.75, 3.05) is 0 Å². The van der Waals surface area contributed by atoms with Crippen molar-refractivity contribution in [3.63, 3.8) is 0 Å². The molecule has 3 N–H and O–H groups in total. The van der Waals surface area contributed by atoms with Crippen molar-refractivity contribution in [3.8, 4) is 0 Å². The average molecular weight is 348 g/mol. The molecule has 4 aliphatic rings. The van der Waals surface area contributed by atoms with Gasteiger partial charge in [0.2, 0.25) is 0 Å². The van der Waals surface area contributed by atoms with Crippen LogP contribution in [0.1, 0.15) is 72.1 Å². The number of nitrogens with zero attached hydrogens (tertiary/aromatic N) is 2. The van der Waals surface area contributed by atoms with Crippen LogP contribution in [0.2, 0.25) is 0 Å². The predicted molar refractivity (Wildman–Crippen MR) is 96.2 cm³/mol. The Kier molecular flexibility index (Phi) is 3.77. The van der Waals surface area contributed by atoms with Gasteiger partial charge in [0.25, 0.3) is 0 Å². The Hall–Kier alpha value is -1.10. The minimum atomic E-state index is -0.540. The second-order valence-corrected chi connectivity index (χ2v) is 9.90. The van der Waals surface area contributed by atoms with Crippen molar-refractivity contribution >= 4 is 11.4 Å². The van der Waals surface area contributed by atoms with E-state index in [-0.39, 0.29) is 10.8 Å². The van der Waals surface area contributed by atoms with Crippen LogP contribution in [0.3, 0.4) is 0 Å². The summed E-state index contributed by atoms with van der Waals surface area (Å²) in [5.41, 5.74) is 0.731. The van der Waals surface area contributed by atoms with E-state index in [0.29, 0.717) is 41.5 Å². The first-order chi connectivity index (χ1) is 11.8. The van der Waals surface area contributed by atoms with Crippen LogP contribution in [0.15, 0.2) is 10.3 Å². The second kappa shape index (κ2) is 5.45. The highest BCUT2D eigenvalue weighted by Gasteiger charge is 2.63. The summed E-state index contributed by atoms with van der Waals surface area (Å²) in [6.45, 7) is 6.72. The molecule has 0 spiro atoms. The number of hydrogen-bond acceptors (Lipinski definition) is 5. The number of rotatable bonds is 0. The fourth-order valence-corrected chi connectivity index (χ4v) is 7.39. The Bertz CT molecular complexity index is 628. The van der Waals surface area contributed by atoms with E-state index < -0.39 is 5.60 Å². The lowest BCUT2D eigenvalue weighted by Crippen LogP contribution is -2.57. The highest BCUT2D eigenvalue weighted by atomic mass is 16.4. The third kappa shape index (κ3) is 2.17. The van der Waals surface area contributed by atoms with Gasteiger partial charge in [-0.2, -0.15) is 0 Å². The van der Waals surface area contributed by atoms with E-state index >= 15 is 0 Å². The normalized spacial score (nSPS) is 55.7. The van der Waals surface area contributed by atoms with Gasteiger partial charge in [0.15, 0.2) is 0 Å². The average Bonchev–Trinajstić information content (AvgIpc) is 2.83. The Morgan fingerprint density at radius 3 is 2.24 bits per heavy atom. The zero-order valence-corrected chi connectivity index (χ0v) is 15.7. The van der Waals surface area contributed by atoms with Gasteiger partial charge in [-0.05, 0) is 86.4 Å². The van der Waals surface area contributed by atoms with Crippen molar-refractivity contribution in [2.45, 2.75) is 77.7 Å². The van der Waals surface area contributed by atoms with Crippen molar-refractivity contribution < 1.29 is 15.5 Å². The summed E-state index contributed by atoms with van der Waals surface area (Å²) in [7, 11) is 0. The van der Waals surface area contributed by atoms with Crippen LogP contribution in [0, 0.1) is 34.5 Å². The summed E-state index contributed by atoms with van der Waals surface area (Å²) < 4.78 is 0. The van der Waals surface area contributed by atoms with E-state index in [1.54, 1.807) is 0 Å². The highest BCUT2D eigenvalue weighted by molar-refractivity contribution is 6.42. The summed E-state index contributed by atoms with van der Waals surface area (Å²) in [4.78, 5) is 0. The van der Waals surface area contributed by atoms with E-state index in [2.05, 4.69) is 24.2 Å². The minimum Gasteiger partial charge on any atom is -0.411 e. The second-order valence-electron chi connectivity index (χ2n) is 9.90. The standard InChI is InChI=1S/C20H32N2O3/c1-18-11-17(22-25)16(21-24)10-12(18)4-5-13-14(18)6-8-19(2)15(13)7-9-20(19,3)23/h12-15,23-25H,4-11H2,1-3H3/b21-16-,22-17-/t12-,13+,14-,15-,18-,19-,20-/m0/s1. The van der Waals surface area contributed by atoms with E-state index in [4.69, 9.17) is 0 Å². The van der Waals surface area contributed by atoms with E-state index in [9.17, 15) is 15.5 Å². The van der Waals surface area contributed by atoms with Crippen molar-refractivity contribution in [1.29, 1.82) is 0 Å². The SMILES string of the molecule is C[C@]12CC(=N/O)/C(=N\O)C[C@@H]1CC[C@@H]1[C@@H]2CC[C@@]2(C)[C@H]1CC[C@]2(C)O. The number of hydrogen-bond donors (Lipinski definition) is 3. The molecule has 0 aromatic rings. The molecule has 0 bridgehead atoms. The van der Waals surface area contributed by atoms with Crippen LogP contribution in [-0.4, -0.2) is 32.5 Å². The molecule has 0 heterocycles. The van der Waals surface area contributed by atoms with Crippen LogP contribution in [0.25, 0.3) is 0 Å². The first-order valence-corrected chi connectivity index (χ1v) is 9.91. The summed E-state index contributed by atoms with van der Waals surface area (Å²) in [5, 5.41) is 36.5. The lowest BCUT2D eigenvalue weighted by Gasteiger charge is -2.60. The smallest absolute Gasteiger partial charge is 0.105 e. The number of fused-ring (bicyclic) bond motifs is 5. The van der Waals surface area contributed by atoms with Gasteiger partial charge in [0.05, 0.1) is 5.60 Å². The van der Waals surface area contributed by atoms with Crippen LogP contribution in [-0.2, 0) is 0 Å². The molecule has 7 atom stereocenters. The van der Waals surface area contributed by atoms with Crippen molar-refractivity contribution in [3.05, 3.63) is 0 Å². The molecule has 140 valence electrons. The Morgan fingerprint density at radius 1 is 0.880 bits per heavy atom. The molecule has 4 fully saturated rings. The van der Waals surface area contributed by atoms with Crippen molar-refractivity contribution in [1.82, 2.24) is 0 Å². The molecule has 0 aromatic carbocycles. The molecular formula is C20H32N2O3. The van der Waals surface area contributed by atoms with Crippen molar-refractivity contribution in [2.24, 2.45) is 44.8 Å². The fraction of sp³-hybridized carbons (Fsp3) is 0.900. The highest BCUT2D eigenvalue weighted by Crippen LogP contribution is 2.67. The van der Waals surface area contributed by atoms with Gasteiger partial charge in [-0.25, -0.2) is 0 Å². The van der Waals surface area contributed by atoms with E-state index in [1.165, 1.54) is 6.42 Å². The maximum absolute atomic E-state index is 11.0. The molecule has 0 aromatic heterocycles. The Morgan fingerprint density at radius 2 is 1.56 bits per heavy atom. The fourth-order valence-electron chi connectivity index (χ4n) is 7.39. The first kappa shape index (κ1) is 17.3. The first-order valence-electron chi connectivity index (χ1n) is 9.91. The molecule has 4 aliphatic carbocycles. The van der Waals surface area contributed by atoms with Gasteiger partial charge < -0.3 is 15.5 Å². The van der Waals surface area contributed by atoms with Gasteiger partial charge in [-0.1, -0.05) is 24.2 Å². The zero-order valence-electron chi connectivity index (χ0n) is 15.7. The molecule has 0 radical (unpaired) electrons. The molecule has 0 aliphatic heterocycles. The molecule has 4 rings (SSSR count). The molecule has 0 saturated heterocycles. The number of oxime groups is 2. The molecule has 4 saturated carbocycles. The van der Waals surface area contributed by atoms with Gasteiger partial charge in [0.1, 0.15) is 11.4 Å². The quantitative estimate of drug-likeness (QED) is 0.456. The molecule has 0 unspecified atom stereocenters. The van der Waals surface area contributed by atoms with Gasteiger partial charge in [-0.15, -0.1) is 0 Å². The molecule has 25 heavy (non-hydrogen) atoms. The van der Waals surface area contributed by atoms with E-state index in [1.807, 2.05) is 6.92 Å². The maximum Gasteiger partial charge on any atom is 0.105 e. The summed E-state index contributed by atoms with van der Waals surface area (Å²) in [6, 6.07) is 0. The third-order valence-electron chi connectivity index (χ3n) is 9.19. The van der Waals surface area contributed by atoms with Gasteiger partial charge >= 0.3 is 0 Å².